The van der Waals surface area contributed by atoms with Gasteiger partial charge in [0.25, 0.3) is 0 Å². The first-order chi connectivity index (χ1) is 9.81. The maximum Gasteiger partial charge on any atom is 0.221 e. The van der Waals surface area contributed by atoms with Crippen molar-refractivity contribution in [1.82, 2.24) is 10.6 Å². The maximum absolute atomic E-state index is 11.9. The van der Waals surface area contributed by atoms with Gasteiger partial charge in [0.15, 0.2) is 0 Å². The Morgan fingerprint density at radius 3 is 2.85 bits per heavy atom. The first-order valence-electron chi connectivity index (χ1n) is 7.29. The van der Waals surface area contributed by atoms with E-state index in [2.05, 4.69) is 41.0 Å². The van der Waals surface area contributed by atoms with E-state index in [1.807, 2.05) is 12.1 Å². The lowest BCUT2D eigenvalue weighted by atomic mass is 10.1. The molecular formula is C17H20N2O. The molecule has 20 heavy (non-hydrogen) atoms. The average Bonchev–Trinajstić information content (AvgIpc) is 2.98. The minimum absolute atomic E-state index is 0.137. The average molecular weight is 268 g/mol. The molecule has 3 nitrogen and oxygen atoms in total. The number of benzene rings is 2. The summed E-state index contributed by atoms with van der Waals surface area (Å²) in [5, 5.41) is 8.81. The number of hydrogen-bond donors (Lipinski definition) is 2. The van der Waals surface area contributed by atoms with Gasteiger partial charge in [-0.05, 0) is 41.8 Å². The van der Waals surface area contributed by atoms with Crippen LogP contribution in [0.3, 0.4) is 0 Å². The number of carbonyl (C=O) groups is 1. The summed E-state index contributed by atoms with van der Waals surface area (Å²) in [6, 6.07) is 15.0. The largest absolute Gasteiger partial charge is 0.352 e. The highest BCUT2D eigenvalue weighted by Crippen LogP contribution is 2.15. The molecule has 2 aromatic carbocycles. The summed E-state index contributed by atoms with van der Waals surface area (Å²) in [5.41, 5.74) is 1.15. The highest BCUT2D eigenvalue weighted by Gasteiger charge is 2.17. The Kier molecular flexibility index (Phi) is 3.97. The van der Waals surface area contributed by atoms with Crippen LogP contribution in [0.1, 0.15) is 24.8 Å². The van der Waals surface area contributed by atoms with Crippen LogP contribution in [0.4, 0.5) is 0 Å². The zero-order chi connectivity index (χ0) is 13.8. The van der Waals surface area contributed by atoms with Crippen LogP contribution >= 0.6 is 0 Å². The molecule has 1 amide bonds. The molecule has 1 atom stereocenters. The van der Waals surface area contributed by atoms with E-state index >= 15 is 0 Å². The van der Waals surface area contributed by atoms with Gasteiger partial charge in [-0.25, -0.2) is 0 Å². The molecule has 0 radical (unpaired) electrons. The first kappa shape index (κ1) is 13.1. The van der Waals surface area contributed by atoms with Crippen molar-refractivity contribution in [2.24, 2.45) is 0 Å². The van der Waals surface area contributed by atoms with Crippen molar-refractivity contribution in [1.29, 1.82) is 0 Å². The van der Waals surface area contributed by atoms with Gasteiger partial charge in [0.2, 0.25) is 5.91 Å². The third-order valence-electron chi connectivity index (χ3n) is 3.90. The van der Waals surface area contributed by atoms with Gasteiger partial charge in [-0.2, -0.15) is 0 Å². The van der Waals surface area contributed by atoms with Crippen molar-refractivity contribution in [3.05, 3.63) is 48.0 Å². The van der Waals surface area contributed by atoms with E-state index in [-0.39, 0.29) is 5.91 Å². The van der Waals surface area contributed by atoms with E-state index in [1.54, 1.807) is 0 Å². The Hall–Kier alpha value is -1.87. The van der Waals surface area contributed by atoms with E-state index < -0.39 is 0 Å². The summed E-state index contributed by atoms with van der Waals surface area (Å²) < 4.78 is 0. The zero-order valence-corrected chi connectivity index (χ0v) is 11.6. The number of amides is 1. The minimum atomic E-state index is 0.137. The number of hydrogen-bond acceptors (Lipinski definition) is 2. The smallest absolute Gasteiger partial charge is 0.221 e. The third-order valence-corrected chi connectivity index (χ3v) is 3.90. The van der Waals surface area contributed by atoms with Gasteiger partial charge in [-0.1, -0.05) is 36.4 Å². The van der Waals surface area contributed by atoms with E-state index in [4.69, 9.17) is 0 Å². The van der Waals surface area contributed by atoms with E-state index in [0.717, 1.165) is 18.5 Å². The molecule has 2 N–H and O–H groups in total. The third kappa shape index (κ3) is 3.17. The number of rotatable bonds is 4. The van der Waals surface area contributed by atoms with Gasteiger partial charge in [0.05, 0.1) is 0 Å². The summed E-state index contributed by atoms with van der Waals surface area (Å²) in [7, 11) is 0. The second-order valence-electron chi connectivity index (χ2n) is 5.46. The van der Waals surface area contributed by atoms with E-state index in [9.17, 15) is 4.79 Å². The van der Waals surface area contributed by atoms with Crippen molar-refractivity contribution in [3.63, 3.8) is 0 Å². The number of carbonyl (C=O) groups excluding carboxylic acids is 1. The number of nitrogens with one attached hydrogen (secondary N) is 2. The lowest BCUT2D eigenvalue weighted by Gasteiger charge is -2.10. The van der Waals surface area contributed by atoms with Crippen LogP contribution < -0.4 is 10.6 Å². The second kappa shape index (κ2) is 6.06. The van der Waals surface area contributed by atoms with Crippen molar-refractivity contribution in [2.75, 3.05) is 6.54 Å². The lowest BCUT2D eigenvalue weighted by Crippen LogP contribution is -2.31. The predicted octanol–water partition coefficient (Wildman–Crippen LogP) is 2.60. The Morgan fingerprint density at radius 2 is 2.05 bits per heavy atom. The quantitative estimate of drug-likeness (QED) is 0.895. The highest BCUT2D eigenvalue weighted by atomic mass is 16.1. The van der Waals surface area contributed by atoms with Crippen LogP contribution in [-0.2, 0) is 11.3 Å². The maximum atomic E-state index is 11.9. The summed E-state index contributed by atoms with van der Waals surface area (Å²) >= 11 is 0. The van der Waals surface area contributed by atoms with Gasteiger partial charge in [0.1, 0.15) is 0 Å². The minimum Gasteiger partial charge on any atom is -0.352 e. The van der Waals surface area contributed by atoms with Crippen molar-refractivity contribution < 1.29 is 4.79 Å². The Balaban J connectivity index is 1.57. The summed E-state index contributed by atoms with van der Waals surface area (Å²) in [4.78, 5) is 11.9. The first-order valence-corrected chi connectivity index (χ1v) is 7.29. The molecule has 1 saturated heterocycles. The second-order valence-corrected chi connectivity index (χ2v) is 5.46. The molecule has 0 aromatic heterocycles. The molecule has 104 valence electrons. The van der Waals surface area contributed by atoms with Crippen LogP contribution in [0.2, 0.25) is 0 Å². The van der Waals surface area contributed by atoms with Crippen LogP contribution in [-0.4, -0.2) is 18.5 Å². The molecule has 3 rings (SSSR count). The molecule has 1 unspecified atom stereocenters. The lowest BCUT2D eigenvalue weighted by molar-refractivity contribution is -0.121. The normalized spacial score (nSPS) is 18.3. The van der Waals surface area contributed by atoms with Crippen LogP contribution in [0.25, 0.3) is 10.8 Å². The molecule has 0 aliphatic carbocycles. The molecule has 1 aliphatic rings. The predicted molar refractivity (Wildman–Crippen MR) is 81.4 cm³/mol. The van der Waals surface area contributed by atoms with Crippen molar-refractivity contribution in [2.45, 2.75) is 31.8 Å². The van der Waals surface area contributed by atoms with Gasteiger partial charge >= 0.3 is 0 Å². The molecule has 0 spiro atoms. The fourth-order valence-electron chi connectivity index (χ4n) is 2.78. The van der Waals surface area contributed by atoms with Crippen LogP contribution in [0, 0.1) is 0 Å². The van der Waals surface area contributed by atoms with Gasteiger partial charge in [0, 0.05) is 19.0 Å². The van der Waals surface area contributed by atoms with Gasteiger partial charge in [-0.15, -0.1) is 0 Å². The Labute approximate surface area is 119 Å². The molecule has 2 aromatic rings. The van der Waals surface area contributed by atoms with E-state index in [1.165, 1.54) is 17.2 Å². The molecule has 1 aliphatic heterocycles. The fourth-order valence-corrected chi connectivity index (χ4v) is 2.78. The van der Waals surface area contributed by atoms with Gasteiger partial charge in [-0.3, -0.25) is 4.79 Å². The highest BCUT2D eigenvalue weighted by molar-refractivity contribution is 5.83. The topological polar surface area (TPSA) is 41.1 Å². The van der Waals surface area contributed by atoms with E-state index in [0.29, 0.717) is 19.0 Å². The van der Waals surface area contributed by atoms with Crippen LogP contribution in [0.15, 0.2) is 42.5 Å². The summed E-state index contributed by atoms with van der Waals surface area (Å²) in [6.45, 7) is 1.65. The summed E-state index contributed by atoms with van der Waals surface area (Å²) in [6.07, 6.45) is 2.89. The molecule has 1 heterocycles. The SMILES string of the molecule is O=C(CC1CCCN1)NCc1ccc2ccccc2c1. The Morgan fingerprint density at radius 1 is 1.20 bits per heavy atom. The van der Waals surface area contributed by atoms with Gasteiger partial charge < -0.3 is 10.6 Å². The van der Waals surface area contributed by atoms with Crippen LogP contribution in [0.5, 0.6) is 0 Å². The molecule has 3 heteroatoms. The zero-order valence-electron chi connectivity index (χ0n) is 11.6. The molecule has 0 bridgehead atoms. The Bertz CT molecular complexity index is 603. The number of fused-ring (bicyclic) bond motifs is 1. The van der Waals surface area contributed by atoms with Crippen molar-refractivity contribution in [3.8, 4) is 0 Å². The monoisotopic (exact) mass is 268 g/mol. The molecular weight excluding hydrogens is 248 g/mol. The van der Waals surface area contributed by atoms with Crippen molar-refractivity contribution >= 4 is 16.7 Å². The molecule has 0 saturated carbocycles. The summed E-state index contributed by atoms with van der Waals surface area (Å²) in [5.74, 6) is 0.137. The standard InChI is InChI=1S/C17H20N2O/c20-17(11-16-6-3-9-18-16)19-12-13-7-8-14-4-1-2-5-15(14)10-13/h1-2,4-5,7-8,10,16,18H,3,6,9,11-12H2,(H,19,20). The fraction of sp³-hybridized carbons (Fsp3) is 0.353. The molecule has 1 fully saturated rings.